The van der Waals surface area contributed by atoms with E-state index in [1.807, 2.05) is 0 Å². The Balaban J connectivity index is 2.33. The van der Waals surface area contributed by atoms with Gasteiger partial charge in [-0.3, -0.25) is 19.9 Å². The average molecular weight is 264 g/mol. The van der Waals surface area contributed by atoms with Gasteiger partial charge in [-0.15, -0.1) is 0 Å². The lowest BCUT2D eigenvalue weighted by molar-refractivity contribution is -0.147. The standard InChI is InChI=1S/C13H16N2O4/c1-13(12(18)19-2)6-9(11(16)17)10(15-13)8-4-3-5-14-7-8/h3-5,7,9-10,15H,6H2,1-2H3,(H,16,17)/t9-,10-,13+/m1/s1. The molecule has 19 heavy (non-hydrogen) atoms. The van der Waals surface area contributed by atoms with Crippen molar-refractivity contribution in [3.05, 3.63) is 30.1 Å². The van der Waals surface area contributed by atoms with Gasteiger partial charge in [-0.05, 0) is 25.0 Å². The third-order valence-corrected chi connectivity index (χ3v) is 3.50. The van der Waals surface area contributed by atoms with E-state index in [4.69, 9.17) is 4.74 Å². The van der Waals surface area contributed by atoms with Gasteiger partial charge in [0.15, 0.2) is 0 Å². The van der Waals surface area contributed by atoms with Crippen molar-refractivity contribution >= 4 is 11.9 Å². The van der Waals surface area contributed by atoms with Crippen LogP contribution in [0.15, 0.2) is 24.5 Å². The Bertz CT molecular complexity index is 491. The quantitative estimate of drug-likeness (QED) is 0.783. The van der Waals surface area contributed by atoms with E-state index >= 15 is 0 Å². The second-order valence-corrected chi connectivity index (χ2v) is 4.88. The number of nitrogens with one attached hydrogen (secondary N) is 1. The summed E-state index contributed by atoms with van der Waals surface area (Å²) in [6, 6.07) is 3.09. The first-order valence-electron chi connectivity index (χ1n) is 5.97. The minimum Gasteiger partial charge on any atom is -0.481 e. The van der Waals surface area contributed by atoms with Gasteiger partial charge in [-0.1, -0.05) is 6.07 Å². The van der Waals surface area contributed by atoms with E-state index in [9.17, 15) is 14.7 Å². The summed E-state index contributed by atoms with van der Waals surface area (Å²) >= 11 is 0. The number of hydrogen-bond donors (Lipinski definition) is 2. The molecule has 3 atom stereocenters. The first-order valence-corrected chi connectivity index (χ1v) is 5.97. The van der Waals surface area contributed by atoms with Crippen molar-refractivity contribution < 1.29 is 19.4 Å². The molecule has 1 aromatic heterocycles. The lowest BCUT2D eigenvalue weighted by Crippen LogP contribution is -2.45. The topological polar surface area (TPSA) is 88.5 Å². The van der Waals surface area contributed by atoms with Gasteiger partial charge in [0.25, 0.3) is 0 Å². The molecule has 2 rings (SSSR count). The van der Waals surface area contributed by atoms with Crippen LogP contribution < -0.4 is 5.32 Å². The first kappa shape index (κ1) is 13.5. The van der Waals surface area contributed by atoms with Crippen molar-refractivity contribution in [1.82, 2.24) is 10.3 Å². The molecule has 1 aromatic rings. The second kappa shape index (κ2) is 4.97. The molecule has 0 radical (unpaired) electrons. The molecule has 6 heteroatoms. The largest absolute Gasteiger partial charge is 0.481 e. The predicted molar refractivity (Wildman–Crippen MR) is 66.3 cm³/mol. The number of carbonyl (C=O) groups is 2. The number of methoxy groups -OCH3 is 1. The highest BCUT2D eigenvalue weighted by molar-refractivity contribution is 5.83. The third-order valence-electron chi connectivity index (χ3n) is 3.50. The molecule has 1 aliphatic heterocycles. The molecule has 1 saturated heterocycles. The molecule has 0 bridgehead atoms. The predicted octanol–water partition coefficient (Wildman–Crippen LogP) is 0.748. The fourth-order valence-electron chi connectivity index (χ4n) is 2.53. The zero-order valence-corrected chi connectivity index (χ0v) is 10.8. The number of carboxylic acid groups (broad SMARTS) is 1. The number of carboxylic acids is 1. The zero-order chi connectivity index (χ0) is 14.0. The average Bonchev–Trinajstić information content (AvgIpc) is 2.78. The normalized spacial score (nSPS) is 30.0. The van der Waals surface area contributed by atoms with E-state index in [1.165, 1.54) is 7.11 Å². The van der Waals surface area contributed by atoms with Crippen molar-refractivity contribution in [1.29, 1.82) is 0 Å². The Kier molecular flexibility index (Phi) is 3.53. The molecule has 0 saturated carbocycles. The zero-order valence-electron chi connectivity index (χ0n) is 10.8. The van der Waals surface area contributed by atoms with E-state index in [1.54, 1.807) is 31.5 Å². The van der Waals surface area contributed by atoms with Crippen LogP contribution in [0, 0.1) is 5.92 Å². The molecule has 6 nitrogen and oxygen atoms in total. The summed E-state index contributed by atoms with van der Waals surface area (Å²) in [6.45, 7) is 1.66. The van der Waals surface area contributed by atoms with Crippen LogP contribution in [0.1, 0.15) is 24.9 Å². The van der Waals surface area contributed by atoms with Crippen LogP contribution in [0.2, 0.25) is 0 Å². The van der Waals surface area contributed by atoms with Gasteiger partial charge in [0.05, 0.1) is 13.0 Å². The molecule has 0 amide bonds. The van der Waals surface area contributed by atoms with Crippen LogP contribution in [0.5, 0.6) is 0 Å². The summed E-state index contributed by atoms with van der Waals surface area (Å²) in [6.07, 6.45) is 3.42. The highest BCUT2D eigenvalue weighted by Crippen LogP contribution is 2.38. The van der Waals surface area contributed by atoms with Crippen LogP contribution >= 0.6 is 0 Å². The molecule has 2 N–H and O–H groups in total. The van der Waals surface area contributed by atoms with E-state index in [0.29, 0.717) is 0 Å². The summed E-state index contributed by atoms with van der Waals surface area (Å²) in [5.41, 5.74) is -0.235. The van der Waals surface area contributed by atoms with Crippen molar-refractivity contribution in [2.45, 2.75) is 24.9 Å². The number of aliphatic carboxylic acids is 1. The van der Waals surface area contributed by atoms with Crippen LogP contribution in [-0.2, 0) is 14.3 Å². The maximum atomic E-state index is 11.8. The van der Waals surface area contributed by atoms with E-state index < -0.39 is 29.4 Å². The summed E-state index contributed by atoms with van der Waals surface area (Å²) in [4.78, 5) is 27.1. The number of nitrogens with zero attached hydrogens (tertiary/aromatic N) is 1. The summed E-state index contributed by atoms with van der Waals surface area (Å²) in [7, 11) is 1.29. The number of ether oxygens (including phenoxy) is 1. The number of hydrogen-bond acceptors (Lipinski definition) is 5. The Morgan fingerprint density at radius 3 is 2.84 bits per heavy atom. The maximum Gasteiger partial charge on any atom is 0.325 e. The monoisotopic (exact) mass is 264 g/mol. The molecular formula is C13H16N2O4. The molecule has 102 valence electrons. The van der Waals surface area contributed by atoms with Crippen molar-refractivity contribution in [2.75, 3.05) is 7.11 Å². The van der Waals surface area contributed by atoms with Gasteiger partial charge in [0.2, 0.25) is 0 Å². The van der Waals surface area contributed by atoms with Gasteiger partial charge >= 0.3 is 11.9 Å². The molecule has 1 aliphatic rings. The molecule has 0 aliphatic carbocycles. The number of carbonyl (C=O) groups excluding carboxylic acids is 1. The van der Waals surface area contributed by atoms with Gasteiger partial charge in [-0.2, -0.15) is 0 Å². The van der Waals surface area contributed by atoms with Crippen LogP contribution in [0.25, 0.3) is 0 Å². The number of aromatic nitrogens is 1. The van der Waals surface area contributed by atoms with Gasteiger partial charge in [0.1, 0.15) is 5.54 Å². The summed E-state index contributed by atoms with van der Waals surface area (Å²) in [5.74, 6) is -2.08. The number of esters is 1. The fourth-order valence-corrected chi connectivity index (χ4v) is 2.53. The highest BCUT2D eigenvalue weighted by Gasteiger charge is 2.50. The van der Waals surface area contributed by atoms with Crippen molar-refractivity contribution in [3.8, 4) is 0 Å². The minimum absolute atomic E-state index is 0.189. The summed E-state index contributed by atoms with van der Waals surface area (Å²) in [5, 5.41) is 12.4. The van der Waals surface area contributed by atoms with Crippen LogP contribution in [0.3, 0.4) is 0 Å². The lowest BCUT2D eigenvalue weighted by atomic mass is 9.91. The molecule has 0 spiro atoms. The van der Waals surface area contributed by atoms with E-state index in [-0.39, 0.29) is 6.42 Å². The third kappa shape index (κ3) is 2.44. The molecule has 0 unspecified atom stereocenters. The van der Waals surface area contributed by atoms with Crippen LogP contribution in [0.4, 0.5) is 0 Å². The Morgan fingerprint density at radius 1 is 1.58 bits per heavy atom. The Labute approximate surface area is 110 Å². The maximum absolute atomic E-state index is 11.8. The van der Waals surface area contributed by atoms with Gasteiger partial charge in [0, 0.05) is 18.4 Å². The fraction of sp³-hybridized carbons (Fsp3) is 0.462. The summed E-state index contributed by atoms with van der Waals surface area (Å²) < 4.78 is 4.74. The molecule has 2 heterocycles. The van der Waals surface area contributed by atoms with Gasteiger partial charge < -0.3 is 9.84 Å². The minimum atomic E-state index is -0.988. The van der Waals surface area contributed by atoms with Crippen molar-refractivity contribution in [2.24, 2.45) is 5.92 Å². The smallest absolute Gasteiger partial charge is 0.325 e. The van der Waals surface area contributed by atoms with E-state index in [0.717, 1.165) is 5.56 Å². The second-order valence-electron chi connectivity index (χ2n) is 4.88. The van der Waals surface area contributed by atoms with E-state index in [2.05, 4.69) is 10.3 Å². The SMILES string of the molecule is COC(=O)[C@]1(C)C[C@@H](C(=O)O)[C@@H](c2cccnc2)N1. The number of rotatable bonds is 3. The molecule has 1 fully saturated rings. The lowest BCUT2D eigenvalue weighted by Gasteiger charge is -2.22. The first-order chi connectivity index (χ1) is 8.98. The molecular weight excluding hydrogens is 248 g/mol. The van der Waals surface area contributed by atoms with Gasteiger partial charge in [-0.25, -0.2) is 0 Å². The number of pyridine rings is 1. The molecule has 0 aromatic carbocycles. The van der Waals surface area contributed by atoms with Crippen molar-refractivity contribution in [3.63, 3.8) is 0 Å². The van der Waals surface area contributed by atoms with Crippen LogP contribution in [-0.4, -0.2) is 34.7 Å². The Hall–Kier alpha value is -1.95. The Morgan fingerprint density at radius 2 is 2.32 bits per heavy atom. The highest BCUT2D eigenvalue weighted by atomic mass is 16.5.